The molecule has 2 heteroatoms. The van der Waals surface area contributed by atoms with E-state index in [1.807, 2.05) is 24.3 Å². The highest BCUT2D eigenvalue weighted by Crippen LogP contribution is 2.12. The molecule has 0 spiro atoms. The highest BCUT2D eigenvalue weighted by atomic mass is 16.5. The molecule has 54 valence electrons. The van der Waals surface area contributed by atoms with E-state index in [-0.39, 0.29) is 11.9 Å². The summed E-state index contributed by atoms with van der Waals surface area (Å²) in [5.41, 5.74) is 0. The Kier molecular flexibility index (Phi) is 2.26. The van der Waals surface area contributed by atoms with Crippen molar-refractivity contribution in [3.63, 3.8) is 0 Å². The van der Waals surface area contributed by atoms with Crippen molar-refractivity contribution in [2.24, 2.45) is 5.92 Å². The topological polar surface area (TPSA) is 26.3 Å². The highest BCUT2D eigenvalue weighted by Gasteiger charge is 2.14. The third-order valence-electron chi connectivity index (χ3n) is 1.48. The normalized spacial score (nSPS) is 22.7. The Morgan fingerprint density at radius 1 is 1.60 bits per heavy atom. The monoisotopic (exact) mass is 138 g/mol. The number of esters is 1. The van der Waals surface area contributed by atoms with Crippen LogP contribution in [0.5, 0.6) is 0 Å². The predicted octanol–water partition coefficient (Wildman–Crippen LogP) is 1.29. The zero-order chi connectivity index (χ0) is 7.40. The van der Waals surface area contributed by atoms with Crippen LogP contribution >= 0.6 is 0 Å². The van der Waals surface area contributed by atoms with Crippen LogP contribution in [-0.4, -0.2) is 13.1 Å². The molecule has 0 bridgehead atoms. The van der Waals surface area contributed by atoms with Gasteiger partial charge in [-0.1, -0.05) is 24.3 Å². The van der Waals surface area contributed by atoms with Crippen molar-refractivity contribution in [3.8, 4) is 0 Å². The van der Waals surface area contributed by atoms with E-state index in [9.17, 15) is 4.79 Å². The number of hydrogen-bond acceptors (Lipinski definition) is 2. The van der Waals surface area contributed by atoms with Gasteiger partial charge in [-0.3, -0.25) is 4.79 Å². The van der Waals surface area contributed by atoms with Crippen molar-refractivity contribution in [2.75, 3.05) is 7.11 Å². The number of methoxy groups -OCH3 is 1. The molecule has 1 aliphatic rings. The molecule has 0 fully saturated rings. The maximum Gasteiger partial charge on any atom is 0.312 e. The van der Waals surface area contributed by atoms with Gasteiger partial charge in [-0.2, -0.15) is 0 Å². The molecule has 0 unspecified atom stereocenters. The van der Waals surface area contributed by atoms with Crippen molar-refractivity contribution in [1.29, 1.82) is 0 Å². The summed E-state index contributed by atoms with van der Waals surface area (Å²) in [5.74, 6) is -0.212. The molecular weight excluding hydrogens is 128 g/mol. The Morgan fingerprint density at radius 3 is 2.90 bits per heavy atom. The molecule has 0 saturated heterocycles. The summed E-state index contributed by atoms with van der Waals surface area (Å²) in [7, 11) is 1.41. The molecule has 0 aliphatic heterocycles. The minimum absolute atomic E-state index is 0.0602. The molecule has 1 atom stereocenters. The molecule has 0 aromatic heterocycles. The van der Waals surface area contributed by atoms with E-state index in [1.54, 1.807) is 0 Å². The molecule has 0 aromatic rings. The lowest BCUT2D eigenvalue weighted by Crippen LogP contribution is -2.13. The molecule has 0 radical (unpaired) electrons. The van der Waals surface area contributed by atoms with Gasteiger partial charge in [-0.05, 0) is 6.42 Å². The van der Waals surface area contributed by atoms with Gasteiger partial charge in [0.2, 0.25) is 0 Å². The fourth-order valence-corrected chi connectivity index (χ4v) is 0.907. The van der Waals surface area contributed by atoms with Gasteiger partial charge < -0.3 is 4.74 Å². The molecule has 2 nitrogen and oxygen atoms in total. The van der Waals surface area contributed by atoms with Crippen molar-refractivity contribution in [1.82, 2.24) is 0 Å². The number of ether oxygens (including phenoxy) is 1. The second-order valence-electron chi connectivity index (χ2n) is 2.18. The van der Waals surface area contributed by atoms with Crippen molar-refractivity contribution in [2.45, 2.75) is 6.42 Å². The number of allylic oxidation sites excluding steroid dienone is 3. The summed E-state index contributed by atoms with van der Waals surface area (Å²) in [5, 5.41) is 0. The zero-order valence-corrected chi connectivity index (χ0v) is 5.91. The van der Waals surface area contributed by atoms with Gasteiger partial charge in [0.25, 0.3) is 0 Å². The third-order valence-corrected chi connectivity index (χ3v) is 1.48. The smallest absolute Gasteiger partial charge is 0.312 e. The Labute approximate surface area is 60.2 Å². The Morgan fingerprint density at radius 2 is 2.40 bits per heavy atom. The molecule has 0 N–H and O–H groups in total. The summed E-state index contributed by atoms with van der Waals surface area (Å²) in [6.45, 7) is 0. The Bertz CT molecular complexity index is 180. The Balaban J connectivity index is 2.51. The summed E-state index contributed by atoms with van der Waals surface area (Å²) in [6, 6.07) is 0. The van der Waals surface area contributed by atoms with Crippen LogP contribution in [0.1, 0.15) is 6.42 Å². The van der Waals surface area contributed by atoms with Gasteiger partial charge in [0, 0.05) is 0 Å². The molecule has 0 saturated carbocycles. The lowest BCUT2D eigenvalue weighted by atomic mass is 10.0. The maximum absolute atomic E-state index is 10.9. The van der Waals surface area contributed by atoms with Crippen LogP contribution in [0.15, 0.2) is 24.3 Å². The van der Waals surface area contributed by atoms with Gasteiger partial charge in [-0.15, -0.1) is 0 Å². The van der Waals surface area contributed by atoms with Crippen LogP contribution in [0.25, 0.3) is 0 Å². The molecule has 1 aliphatic carbocycles. The van der Waals surface area contributed by atoms with Crippen LogP contribution < -0.4 is 0 Å². The third kappa shape index (κ3) is 1.47. The first-order valence-electron chi connectivity index (χ1n) is 3.26. The van der Waals surface area contributed by atoms with Crippen LogP contribution in [0.3, 0.4) is 0 Å². The summed E-state index contributed by atoms with van der Waals surface area (Å²) < 4.78 is 4.57. The van der Waals surface area contributed by atoms with Crippen molar-refractivity contribution < 1.29 is 9.53 Å². The van der Waals surface area contributed by atoms with Crippen LogP contribution in [0.2, 0.25) is 0 Å². The molecule has 1 rings (SSSR count). The minimum atomic E-state index is -0.152. The fraction of sp³-hybridized carbons (Fsp3) is 0.375. The number of hydrogen-bond donors (Lipinski definition) is 0. The van der Waals surface area contributed by atoms with E-state index in [0.29, 0.717) is 0 Å². The lowest BCUT2D eigenvalue weighted by Gasteiger charge is -2.08. The second-order valence-corrected chi connectivity index (χ2v) is 2.18. The molecular formula is C8H10O2. The van der Waals surface area contributed by atoms with Gasteiger partial charge in [0.1, 0.15) is 0 Å². The minimum Gasteiger partial charge on any atom is -0.469 e. The zero-order valence-electron chi connectivity index (χ0n) is 5.91. The standard InChI is InChI=1S/C8H10O2/c1-10-8(9)7-5-3-2-4-6-7/h2-5,7H,6H2,1H3/t7-/m0/s1. The van der Waals surface area contributed by atoms with Crippen molar-refractivity contribution in [3.05, 3.63) is 24.3 Å². The molecule has 0 aromatic carbocycles. The van der Waals surface area contributed by atoms with Crippen molar-refractivity contribution >= 4 is 5.97 Å². The van der Waals surface area contributed by atoms with E-state index in [2.05, 4.69) is 4.74 Å². The SMILES string of the molecule is COC(=O)[C@H]1C=CC=CC1. The highest BCUT2D eigenvalue weighted by molar-refractivity contribution is 5.74. The van der Waals surface area contributed by atoms with Gasteiger partial charge in [0.15, 0.2) is 0 Å². The van der Waals surface area contributed by atoms with Gasteiger partial charge in [-0.25, -0.2) is 0 Å². The largest absolute Gasteiger partial charge is 0.469 e. The van der Waals surface area contributed by atoms with E-state index >= 15 is 0 Å². The average molecular weight is 138 g/mol. The first kappa shape index (κ1) is 7.06. The Hall–Kier alpha value is -1.05. The maximum atomic E-state index is 10.9. The first-order chi connectivity index (χ1) is 4.84. The van der Waals surface area contributed by atoms with E-state index < -0.39 is 0 Å². The van der Waals surface area contributed by atoms with Crippen LogP contribution in [-0.2, 0) is 9.53 Å². The first-order valence-corrected chi connectivity index (χ1v) is 3.26. The average Bonchev–Trinajstić information content (AvgIpc) is 2.05. The second kappa shape index (κ2) is 3.20. The fourth-order valence-electron chi connectivity index (χ4n) is 0.907. The lowest BCUT2D eigenvalue weighted by molar-refractivity contribution is -0.143. The summed E-state index contributed by atoms with van der Waals surface area (Å²) in [6.07, 6.45) is 8.38. The quantitative estimate of drug-likeness (QED) is 0.510. The predicted molar refractivity (Wildman–Crippen MR) is 38.4 cm³/mol. The van der Waals surface area contributed by atoms with Crippen LogP contribution in [0, 0.1) is 5.92 Å². The summed E-state index contributed by atoms with van der Waals surface area (Å²) in [4.78, 5) is 10.9. The molecule has 0 amide bonds. The molecule has 0 heterocycles. The summed E-state index contributed by atoms with van der Waals surface area (Å²) >= 11 is 0. The number of carbonyl (C=O) groups is 1. The van der Waals surface area contributed by atoms with E-state index in [4.69, 9.17) is 0 Å². The molecule has 10 heavy (non-hydrogen) atoms. The van der Waals surface area contributed by atoms with E-state index in [0.717, 1.165) is 6.42 Å². The number of rotatable bonds is 1. The van der Waals surface area contributed by atoms with Crippen LogP contribution in [0.4, 0.5) is 0 Å². The van der Waals surface area contributed by atoms with E-state index in [1.165, 1.54) is 7.11 Å². The van der Waals surface area contributed by atoms with Gasteiger partial charge in [0.05, 0.1) is 13.0 Å². The number of carbonyl (C=O) groups excluding carboxylic acids is 1. The van der Waals surface area contributed by atoms with Gasteiger partial charge >= 0.3 is 5.97 Å².